The first-order chi connectivity index (χ1) is 14.4. The first-order valence-electron chi connectivity index (χ1n) is 9.51. The molecule has 3 aromatic rings. The zero-order chi connectivity index (χ0) is 21.7. The third-order valence-corrected chi connectivity index (χ3v) is 4.40. The highest BCUT2D eigenvalue weighted by Gasteiger charge is 2.23. The number of aromatic nitrogens is 3. The number of aryl methyl sites for hydroxylation is 1. The van der Waals surface area contributed by atoms with Gasteiger partial charge in [0, 0.05) is 6.20 Å². The molecular formula is C22H24N4O4. The second-order valence-corrected chi connectivity index (χ2v) is 7.03. The number of methoxy groups -OCH3 is 1. The minimum Gasteiger partial charge on any atom is -0.495 e. The van der Waals surface area contributed by atoms with Crippen molar-refractivity contribution >= 4 is 17.6 Å². The summed E-state index contributed by atoms with van der Waals surface area (Å²) < 4.78 is 12.1. The summed E-state index contributed by atoms with van der Waals surface area (Å²) in [5, 5.41) is 7.00. The zero-order valence-electron chi connectivity index (χ0n) is 17.4. The van der Waals surface area contributed by atoms with Gasteiger partial charge in [-0.25, -0.2) is 14.5 Å². The number of rotatable bonds is 7. The van der Waals surface area contributed by atoms with Crippen LogP contribution in [-0.4, -0.2) is 40.4 Å². The van der Waals surface area contributed by atoms with E-state index in [0.29, 0.717) is 28.5 Å². The number of anilines is 1. The lowest BCUT2D eigenvalue weighted by Crippen LogP contribution is -2.22. The SMILES string of the molecule is COc1ccc(C)cc1NC(=O)COC(=O)c1cnn(-c2ccccn2)c1C(C)C. The molecule has 30 heavy (non-hydrogen) atoms. The summed E-state index contributed by atoms with van der Waals surface area (Å²) in [6.07, 6.45) is 3.09. The number of esters is 1. The predicted octanol–water partition coefficient (Wildman–Crippen LogP) is 3.50. The average molecular weight is 408 g/mol. The van der Waals surface area contributed by atoms with Crippen molar-refractivity contribution in [2.75, 3.05) is 19.0 Å². The van der Waals surface area contributed by atoms with Crippen molar-refractivity contribution < 1.29 is 19.1 Å². The van der Waals surface area contributed by atoms with E-state index >= 15 is 0 Å². The number of pyridine rings is 1. The number of hydrogen-bond acceptors (Lipinski definition) is 6. The van der Waals surface area contributed by atoms with Crippen molar-refractivity contribution in [2.24, 2.45) is 0 Å². The Hall–Kier alpha value is -3.68. The van der Waals surface area contributed by atoms with Gasteiger partial charge in [0.2, 0.25) is 0 Å². The van der Waals surface area contributed by atoms with E-state index in [1.165, 1.54) is 13.3 Å². The van der Waals surface area contributed by atoms with Gasteiger partial charge < -0.3 is 14.8 Å². The molecule has 8 nitrogen and oxygen atoms in total. The van der Waals surface area contributed by atoms with Crippen LogP contribution >= 0.6 is 0 Å². The average Bonchev–Trinajstić information content (AvgIpc) is 3.18. The molecular weight excluding hydrogens is 384 g/mol. The maximum Gasteiger partial charge on any atom is 0.342 e. The van der Waals surface area contributed by atoms with Crippen molar-refractivity contribution in [1.82, 2.24) is 14.8 Å². The molecule has 0 saturated heterocycles. The van der Waals surface area contributed by atoms with E-state index in [0.717, 1.165) is 5.56 Å². The fourth-order valence-corrected chi connectivity index (χ4v) is 3.05. The lowest BCUT2D eigenvalue weighted by atomic mass is 10.1. The number of amides is 1. The molecule has 0 radical (unpaired) electrons. The Morgan fingerprint density at radius 1 is 1.20 bits per heavy atom. The van der Waals surface area contributed by atoms with Crippen LogP contribution in [0.1, 0.15) is 41.4 Å². The molecule has 0 atom stereocenters. The number of ether oxygens (including phenoxy) is 2. The van der Waals surface area contributed by atoms with Gasteiger partial charge in [-0.3, -0.25) is 4.79 Å². The molecule has 0 unspecified atom stereocenters. The smallest absolute Gasteiger partial charge is 0.342 e. The molecule has 1 amide bonds. The lowest BCUT2D eigenvalue weighted by molar-refractivity contribution is -0.119. The summed E-state index contributed by atoms with van der Waals surface area (Å²) in [5.41, 5.74) is 2.45. The molecule has 0 spiro atoms. The first-order valence-corrected chi connectivity index (χ1v) is 9.51. The molecule has 2 heterocycles. The summed E-state index contributed by atoms with van der Waals surface area (Å²) in [4.78, 5) is 29.2. The van der Waals surface area contributed by atoms with E-state index in [1.807, 2.05) is 32.9 Å². The molecule has 0 aliphatic rings. The van der Waals surface area contributed by atoms with Crippen molar-refractivity contribution in [2.45, 2.75) is 26.7 Å². The lowest BCUT2D eigenvalue weighted by Gasteiger charge is -2.13. The standard InChI is InChI=1S/C22H24N4O4/c1-14(2)21-16(12-24-26(21)19-7-5-6-10-23-19)22(28)30-13-20(27)25-17-11-15(3)8-9-18(17)29-4/h5-12,14H,13H2,1-4H3,(H,25,27). The summed E-state index contributed by atoms with van der Waals surface area (Å²) >= 11 is 0. The van der Waals surface area contributed by atoms with E-state index in [1.54, 1.807) is 35.1 Å². The molecule has 0 aliphatic carbocycles. The molecule has 0 bridgehead atoms. The van der Waals surface area contributed by atoms with E-state index in [-0.39, 0.29) is 5.92 Å². The van der Waals surface area contributed by atoms with Gasteiger partial charge in [-0.15, -0.1) is 0 Å². The second kappa shape index (κ2) is 9.21. The second-order valence-electron chi connectivity index (χ2n) is 7.03. The molecule has 1 aromatic carbocycles. The third kappa shape index (κ3) is 4.65. The molecule has 0 aliphatic heterocycles. The maximum absolute atomic E-state index is 12.6. The highest BCUT2D eigenvalue weighted by atomic mass is 16.5. The number of nitrogens with one attached hydrogen (secondary N) is 1. The van der Waals surface area contributed by atoms with Crippen molar-refractivity contribution in [3.63, 3.8) is 0 Å². The number of carbonyl (C=O) groups excluding carboxylic acids is 2. The molecule has 8 heteroatoms. The van der Waals surface area contributed by atoms with Gasteiger partial charge in [0.15, 0.2) is 12.4 Å². The quantitative estimate of drug-likeness (QED) is 0.601. The Morgan fingerprint density at radius 3 is 2.67 bits per heavy atom. The van der Waals surface area contributed by atoms with Gasteiger partial charge in [-0.1, -0.05) is 26.0 Å². The van der Waals surface area contributed by atoms with Crippen LogP contribution in [0.15, 0.2) is 48.8 Å². The van der Waals surface area contributed by atoms with Gasteiger partial charge >= 0.3 is 5.97 Å². The topological polar surface area (TPSA) is 95.3 Å². The molecule has 156 valence electrons. The van der Waals surface area contributed by atoms with E-state index in [9.17, 15) is 9.59 Å². The van der Waals surface area contributed by atoms with Crippen LogP contribution in [0.25, 0.3) is 5.82 Å². The predicted molar refractivity (Wildman–Crippen MR) is 112 cm³/mol. The van der Waals surface area contributed by atoms with E-state index in [2.05, 4.69) is 15.4 Å². The Bertz CT molecular complexity index is 1040. The van der Waals surface area contributed by atoms with Crippen LogP contribution in [0.4, 0.5) is 5.69 Å². The third-order valence-electron chi connectivity index (χ3n) is 4.40. The number of nitrogens with zero attached hydrogens (tertiary/aromatic N) is 3. The Labute approximate surface area is 174 Å². The summed E-state index contributed by atoms with van der Waals surface area (Å²) in [7, 11) is 1.52. The number of benzene rings is 1. The van der Waals surface area contributed by atoms with Crippen molar-refractivity contribution in [1.29, 1.82) is 0 Å². The number of carbonyl (C=O) groups is 2. The minimum atomic E-state index is -0.618. The fraction of sp³-hybridized carbons (Fsp3) is 0.273. The van der Waals surface area contributed by atoms with Gasteiger partial charge in [0.05, 0.1) is 24.7 Å². The molecule has 2 aromatic heterocycles. The van der Waals surface area contributed by atoms with Gasteiger partial charge in [-0.05, 0) is 42.7 Å². The van der Waals surface area contributed by atoms with E-state index in [4.69, 9.17) is 9.47 Å². The van der Waals surface area contributed by atoms with E-state index < -0.39 is 18.5 Å². The number of hydrogen-bond donors (Lipinski definition) is 1. The largest absolute Gasteiger partial charge is 0.495 e. The fourth-order valence-electron chi connectivity index (χ4n) is 3.05. The van der Waals surface area contributed by atoms with Crippen LogP contribution in [0.3, 0.4) is 0 Å². The highest BCUT2D eigenvalue weighted by Crippen LogP contribution is 2.25. The van der Waals surface area contributed by atoms with Gasteiger partial charge in [0.1, 0.15) is 11.3 Å². The monoisotopic (exact) mass is 408 g/mol. The summed E-state index contributed by atoms with van der Waals surface area (Å²) in [6.45, 7) is 5.37. The Morgan fingerprint density at radius 2 is 2.00 bits per heavy atom. The summed E-state index contributed by atoms with van der Waals surface area (Å²) in [6, 6.07) is 10.9. The van der Waals surface area contributed by atoms with Crippen molar-refractivity contribution in [3.05, 3.63) is 65.6 Å². The van der Waals surface area contributed by atoms with Crippen LogP contribution in [0.2, 0.25) is 0 Å². The minimum absolute atomic E-state index is 0.0116. The Balaban J connectivity index is 1.72. The maximum atomic E-state index is 12.6. The zero-order valence-corrected chi connectivity index (χ0v) is 17.4. The normalized spacial score (nSPS) is 10.7. The first kappa shape index (κ1) is 21.0. The van der Waals surface area contributed by atoms with Crippen LogP contribution in [0, 0.1) is 6.92 Å². The van der Waals surface area contributed by atoms with Crippen molar-refractivity contribution in [3.8, 4) is 11.6 Å². The van der Waals surface area contributed by atoms with Gasteiger partial charge in [-0.2, -0.15) is 5.10 Å². The molecule has 0 saturated carbocycles. The van der Waals surface area contributed by atoms with Gasteiger partial charge in [0.25, 0.3) is 5.91 Å². The summed E-state index contributed by atoms with van der Waals surface area (Å²) in [5.74, 6) is 0.0358. The van der Waals surface area contributed by atoms with Crippen LogP contribution in [0.5, 0.6) is 5.75 Å². The van der Waals surface area contributed by atoms with Crippen LogP contribution in [-0.2, 0) is 9.53 Å². The van der Waals surface area contributed by atoms with Crippen LogP contribution < -0.4 is 10.1 Å². The highest BCUT2D eigenvalue weighted by molar-refractivity contribution is 5.96. The molecule has 1 N–H and O–H groups in total. The molecule has 0 fully saturated rings. The molecule has 3 rings (SSSR count). The Kier molecular flexibility index (Phi) is 6.46.